The third-order valence-electron chi connectivity index (χ3n) is 7.91. The smallest absolute Gasteiger partial charge is 0.144 e. The van der Waals surface area contributed by atoms with Crippen molar-refractivity contribution in [2.75, 3.05) is 0 Å². The van der Waals surface area contributed by atoms with Gasteiger partial charge in [-0.3, -0.25) is 4.57 Å². The maximum atomic E-state index is 4.87. The van der Waals surface area contributed by atoms with Crippen molar-refractivity contribution in [3.8, 4) is 28.2 Å². The molecule has 0 N–H and O–H groups in total. The van der Waals surface area contributed by atoms with Gasteiger partial charge in [-0.05, 0) is 65.6 Å². The summed E-state index contributed by atoms with van der Waals surface area (Å²) in [6.07, 6.45) is 5.05. The summed E-state index contributed by atoms with van der Waals surface area (Å²) >= 11 is 0. The first-order valence-corrected chi connectivity index (χ1v) is 11.8. The normalized spacial score (nSPS) is 19.0. The molecular weight excluding hydrogens is 400 g/mol. The number of nitrogens with zero attached hydrogens (tertiary/aromatic N) is 2. The van der Waals surface area contributed by atoms with Gasteiger partial charge in [0.05, 0.1) is 5.69 Å². The Labute approximate surface area is 197 Å². The van der Waals surface area contributed by atoms with Crippen LogP contribution in [0, 0.1) is 19.3 Å². The maximum absolute atomic E-state index is 4.87. The molecule has 1 saturated carbocycles. The lowest BCUT2D eigenvalue weighted by molar-refractivity contribution is 0.484. The Kier molecular flexibility index (Phi) is 4.93. The van der Waals surface area contributed by atoms with Crippen molar-refractivity contribution in [2.45, 2.75) is 46.5 Å². The predicted octanol–water partition coefficient (Wildman–Crippen LogP) is 8.07. The van der Waals surface area contributed by atoms with Gasteiger partial charge >= 0.3 is 0 Å². The molecule has 0 saturated heterocycles. The second-order valence-electron chi connectivity index (χ2n) is 9.85. The van der Waals surface area contributed by atoms with Crippen LogP contribution in [0.5, 0.6) is 0 Å². The molecule has 166 valence electrons. The van der Waals surface area contributed by atoms with E-state index in [1.165, 1.54) is 44.6 Å². The Hall–Kier alpha value is -3.39. The lowest BCUT2D eigenvalue weighted by Gasteiger charge is -2.23. The topological polar surface area (TPSA) is 17.8 Å². The predicted molar refractivity (Wildman–Crippen MR) is 139 cm³/mol. The van der Waals surface area contributed by atoms with Crippen LogP contribution in [-0.4, -0.2) is 9.55 Å². The molecule has 1 heterocycles. The van der Waals surface area contributed by atoms with Crippen molar-refractivity contribution < 1.29 is 0 Å². The van der Waals surface area contributed by atoms with Crippen molar-refractivity contribution in [3.63, 3.8) is 0 Å². The minimum atomic E-state index is 0.00162. The molecule has 0 radical (unpaired) electrons. The Morgan fingerprint density at radius 1 is 0.879 bits per heavy atom. The van der Waals surface area contributed by atoms with Gasteiger partial charge < -0.3 is 0 Å². The lowest BCUT2D eigenvalue weighted by Crippen LogP contribution is -2.15. The first kappa shape index (κ1) is 21.5. The summed E-state index contributed by atoms with van der Waals surface area (Å²) in [5.41, 5.74) is 10.1. The van der Waals surface area contributed by atoms with E-state index in [1.54, 1.807) is 0 Å². The number of aryl methyl sites for hydroxylation is 2. The van der Waals surface area contributed by atoms with Gasteiger partial charge in [0.1, 0.15) is 5.82 Å². The van der Waals surface area contributed by atoms with E-state index in [0.29, 0.717) is 0 Å². The van der Waals surface area contributed by atoms with Crippen LogP contribution < -0.4 is 0 Å². The highest BCUT2D eigenvalue weighted by molar-refractivity contribution is 5.74. The van der Waals surface area contributed by atoms with E-state index in [-0.39, 0.29) is 10.8 Å². The fourth-order valence-electron chi connectivity index (χ4n) is 6.04. The molecule has 0 aliphatic heterocycles. The zero-order valence-electron chi connectivity index (χ0n) is 20.3. The third-order valence-corrected chi connectivity index (χ3v) is 7.91. The standard InChI is InChI=1S/C31H32N2/c1-7-31(23(4)30(31,5)6)27-16-12-11-15-26(27)29-32-17-18-33(29)28-21(2)19-25(20-22(28)3)24-13-9-8-10-14-24/h8-20H,4,7H2,1-3,5-6H3. The zero-order valence-corrected chi connectivity index (χ0v) is 20.3. The number of imidazole rings is 1. The van der Waals surface area contributed by atoms with Gasteiger partial charge in [0, 0.05) is 23.4 Å². The first-order valence-electron chi connectivity index (χ1n) is 11.8. The summed E-state index contributed by atoms with van der Waals surface area (Å²) in [4.78, 5) is 4.87. The molecular formula is C31H32N2. The minimum absolute atomic E-state index is 0.00162. The molecule has 0 amide bonds. The molecule has 1 aromatic heterocycles. The van der Waals surface area contributed by atoms with Crippen LogP contribution in [0.25, 0.3) is 28.2 Å². The van der Waals surface area contributed by atoms with Gasteiger partial charge in [-0.15, -0.1) is 0 Å². The second-order valence-corrected chi connectivity index (χ2v) is 9.85. The highest BCUT2D eigenvalue weighted by Crippen LogP contribution is 2.71. The zero-order chi connectivity index (χ0) is 23.4. The molecule has 33 heavy (non-hydrogen) atoms. The van der Waals surface area contributed by atoms with Gasteiger partial charge in [0.25, 0.3) is 0 Å². The SMILES string of the molecule is C=C1C(C)(C)C1(CC)c1ccccc1-c1nccn1-c1c(C)cc(-c2ccccc2)cc1C. The van der Waals surface area contributed by atoms with E-state index in [4.69, 9.17) is 4.98 Å². The van der Waals surface area contributed by atoms with Gasteiger partial charge in [-0.2, -0.15) is 0 Å². The Morgan fingerprint density at radius 3 is 2.09 bits per heavy atom. The van der Waals surface area contributed by atoms with E-state index in [0.717, 1.165) is 12.2 Å². The monoisotopic (exact) mass is 432 g/mol. The van der Waals surface area contributed by atoms with E-state index >= 15 is 0 Å². The maximum Gasteiger partial charge on any atom is 0.144 e. The molecule has 0 bridgehead atoms. The largest absolute Gasteiger partial charge is 0.299 e. The van der Waals surface area contributed by atoms with E-state index in [1.807, 2.05) is 6.20 Å². The molecule has 1 aliphatic carbocycles. The van der Waals surface area contributed by atoms with Gasteiger partial charge in [0.2, 0.25) is 0 Å². The average molecular weight is 433 g/mol. The quantitative estimate of drug-likeness (QED) is 0.292. The van der Waals surface area contributed by atoms with Crippen LogP contribution in [0.4, 0.5) is 0 Å². The summed E-state index contributed by atoms with van der Waals surface area (Å²) in [5.74, 6) is 0.993. The van der Waals surface area contributed by atoms with Crippen molar-refractivity contribution >= 4 is 0 Å². The number of aromatic nitrogens is 2. The van der Waals surface area contributed by atoms with Crippen molar-refractivity contribution in [1.29, 1.82) is 0 Å². The molecule has 2 heteroatoms. The fourth-order valence-corrected chi connectivity index (χ4v) is 6.04. The Morgan fingerprint density at radius 2 is 1.48 bits per heavy atom. The van der Waals surface area contributed by atoms with Crippen LogP contribution in [0.15, 0.2) is 91.3 Å². The highest BCUT2D eigenvalue weighted by Gasteiger charge is 2.65. The molecule has 3 aromatic carbocycles. The van der Waals surface area contributed by atoms with Crippen molar-refractivity contribution in [1.82, 2.24) is 9.55 Å². The number of hydrogen-bond donors (Lipinski definition) is 0. The van der Waals surface area contributed by atoms with Crippen LogP contribution in [0.2, 0.25) is 0 Å². The summed E-state index contributed by atoms with van der Waals surface area (Å²) in [6, 6.07) is 23.9. The molecule has 1 fully saturated rings. The number of hydrogen-bond acceptors (Lipinski definition) is 1. The molecule has 5 rings (SSSR count). The second kappa shape index (κ2) is 7.59. The number of rotatable bonds is 5. The van der Waals surface area contributed by atoms with Gasteiger partial charge in [-0.1, -0.05) is 87.5 Å². The highest BCUT2D eigenvalue weighted by atomic mass is 15.1. The average Bonchev–Trinajstić information content (AvgIpc) is 3.11. The molecule has 2 nitrogen and oxygen atoms in total. The van der Waals surface area contributed by atoms with Gasteiger partial charge in [0.15, 0.2) is 0 Å². The lowest BCUT2D eigenvalue weighted by atomic mass is 9.82. The van der Waals surface area contributed by atoms with Crippen LogP contribution in [0.1, 0.15) is 43.9 Å². The third kappa shape index (κ3) is 3.04. The van der Waals surface area contributed by atoms with Crippen LogP contribution in [-0.2, 0) is 5.41 Å². The summed E-state index contributed by atoms with van der Waals surface area (Å²) < 4.78 is 2.26. The molecule has 1 aliphatic rings. The molecule has 0 spiro atoms. The van der Waals surface area contributed by atoms with Crippen LogP contribution >= 0.6 is 0 Å². The van der Waals surface area contributed by atoms with E-state index in [9.17, 15) is 0 Å². The summed E-state index contributed by atoms with van der Waals surface area (Å²) in [7, 11) is 0. The fraction of sp³-hybridized carbons (Fsp3) is 0.258. The van der Waals surface area contributed by atoms with Crippen molar-refractivity contribution in [2.24, 2.45) is 5.41 Å². The van der Waals surface area contributed by atoms with Gasteiger partial charge in [-0.25, -0.2) is 4.98 Å². The summed E-state index contributed by atoms with van der Waals surface area (Å²) in [5, 5.41) is 0. The molecule has 4 aromatic rings. The number of allylic oxidation sites excluding steroid dienone is 1. The van der Waals surface area contributed by atoms with E-state index < -0.39 is 0 Å². The van der Waals surface area contributed by atoms with E-state index in [2.05, 4.69) is 119 Å². The molecule has 1 atom stereocenters. The Balaban J connectivity index is 1.66. The van der Waals surface area contributed by atoms with Crippen molar-refractivity contribution in [3.05, 3.63) is 108 Å². The first-order chi connectivity index (χ1) is 15.8. The molecule has 1 unspecified atom stereocenters. The number of benzene rings is 3. The van der Waals surface area contributed by atoms with Crippen LogP contribution in [0.3, 0.4) is 0 Å². The summed E-state index contributed by atoms with van der Waals surface area (Å²) in [6.45, 7) is 15.8. The Bertz CT molecular complexity index is 1330. The minimum Gasteiger partial charge on any atom is -0.299 e.